The van der Waals surface area contributed by atoms with E-state index in [4.69, 9.17) is 27.9 Å². The van der Waals surface area contributed by atoms with Crippen LogP contribution in [0.5, 0.6) is 5.75 Å². The largest absolute Gasteiger partial charge is 0.495 e. The van der Waals surface area contributed by atoms with Crippen LogP contribution in [0.1, 0.15) is 23.9 Å². The first-order valence-electron chi connectivity index (χ1n) is 6.02. The molecule has 1 N–H and O–H groups in total. The molecule has 1 aromatic carbocycles. The number of likely N-dealkylation sites (tertiary alicyclic amines) is 1. The Balaban J connectivity index is 2.18. The van der Waals surface area contributed by atoms with Crippen molar-refractivity contribution in [3.8, 4) is 5.75 Å². The third-order valence-electron chi connectivity index (χ3n) is 3.28. The first-order valence-corrected chi connectivity index (χ1v) is 6.83. The average molecular weight is 290 g/mol. The molecule has 5 heteroatoms. The summed E-state index contributed by atoms with van der Waals surface area (Å²) in [5.74, 6) is 0.630. The van der Waals surface area contributed by atoms with Crippen molar-refractivity contribution in [3.63, 3.8) is 0 Å². The lowest BCUT2D eigenvalue weighted by Gasteiger charge is -2.33. The van der Waals surface area contributed by atoms with E-state index in [9.17, 15) is 5.11 Å². The number of para-hydroxylation sites is 1. The summed E-state index contributed by atoms with van der Waals surface area (Å²) in [6.45, 7) is 1.57. The third-order valence-corrected chi connectivity index (χ3v) is 4.09. The number of aliphatic hydroxyl groups is 1. The van der Waals surface area contributed by atoms with Gasteiger partial charge in [0.15, 0.2) is 0 Å². The summed E-state index contributed by atoms with van der Waals surface area (Å²) in [6.07, 6.45) is 1.31. The summed E-state index contributed by atoms with van der Waals surface area (Å²) in [5, 5.41) is 10.1. The van der Waals surface area contributed by atoms with Gasteiger partial charge in [0, 0.05) is 18.7 Å². The average Bonchev–Trinajstić information content (AvgIpc) is 2.38. The zero-order valence-electron chi connectivity index (χ0n) is 10.3. The number of rotatable bonds is 3. The second-order valence-electron chi connectivity index (χ2n) is 4.47. The smallest absolute Gasteiger partial charge is 0.143 e. The fourth-order valence-electron chi connectivity index (χ4n) is 2.24. The molecule has 0 saturated carbocycles. The molecule has 1 atom stereocenters. The van der Waals surface area contributed by atoms with Crippen LogP contribution < -0.4 is 4.74 Å². The molecule has 18 heavy (non-hydrogen) atoms. The molecule has 0 radical (unpaired) electrons. The second-order valence-corrected chi connectivity index (χ2v) is 5.29. The van der Waals surface area contributed by atoms with Crippen molar-refractivity contribution in [2.24, 2.45) is 0 Å². The zero-order chi connectivity index (χ0) is 13.1. The molecule has 0 bridgehead atoms. The van der Waals surface area contributed by atoms with E-state index in [-0.39, 0.29) is 11.6 Å². The highest BCUT2D eigenvalue weighted by Gasteiger charge is 2.26. The van der Waals surface area contributed by atoms with Crippen molar-refractivity contribution in [1.82, 2.24) is 4.90 Å². The molecule has 0 spiro atoms. The number of halogens is 2. The topological polar surface area (TPSA) is 32.7 Å². The first kappa shape index (κ1) is 13.9. The number of ether oxygens (including phenoxy) is 1. The van der Waals surface area contributed by atoms with Crippen LogP contribution in [-0.4, -0.2) is 36.3 Å². The highest BCUT2D eigenvalue weighted by molar-refractivity contribution is 6.32. The Morgan fingerprint density at radius 2 is 2.06 bits per heavy atom. The van der Waals surface area contributed by atoms with E-state index >= 15 is 0 Å². The Labute approximate surface area is 117 Å². The summed E-state index contributed by atoms with van der Waals surface area (Å²) in [4.78, 5) is 2.13. The maximum atomic E-state index is 9.51. The first-order chi connectivity index (χ1) is 8.63. The minimum absolute atomic E-state index is 0.202. The maximum Gasteiger partial charge on any atom is 0.143 e. The minimum Gasteiger partial charge on any atom is -0.495 e. The number of methoxy groups -OCH3 is 1. The van der Waals surface area contributed by atoms with Crippen LogP contribution in [0.3, 0.4) is 0 Å². The van der Waals surface area contributed by atoms with Crippen molar-refractivity contribution >= 4 is 23.2 Å². The van der Waals surface area contributed by atoms with Crippen molar-refractivity contribution < 1.29 is 9.84 Å². The van der Waals surface area contributed by atoms with Crippen LogP contribution in [0.2, 0.25) is 5.02 Å². The summed E-state index contributed by atoms with van der Waals surface area (Å²) in [5.41, 5.74) is 0.606. The van der Waals surface area contributed by atoms with Gasteiger partial charge in [0.25, 0.3) is 0 Å². The normalized spacial score (nSPS) is 19.8. The molecular formula is C13H17Cl2NO2. The van der Waals surface area contributed by atoms with Crippen LogP contribution >= 0.6 is 23.2 Å². The van der Waals surface area contributed by atoms with Crippen LogP contribution in [0.25, 0.3) is 0 Å². The van der Waals surface area contributed by atoms with Gasteiger partial charge in [0.1, 0.15) is 11.3 Å². The molecule has 0 aromatic heterocycles. The summed E-state index contributed by atoms with van der Waals surface area (Å²) >= 11 is 12.6. The maximum absolute atomic E-state index is 9.51. The Kier molecular flexibility index (Phi) is 4.73. The van der Waals surface area contributed by atoms with Crippen LogP contribution in [0, 0.1) is 0 Å². The van der Waals surface area contributed by atoms with Gasteiger partial charge in [-0.05, 0) is 18.9 Å². The monoisotopic (exact) mass is 289 g/mol. The molecule has 1 saturated heterocycles. The Hall–Kier alpha value is -0.480. The second kappa shape index (κ2) is 6.11. The van der Waals surface area contributed by atoms with Crippen molar-refractivity contribution in [1.29, 1.82) is 0 Å². The Morgan fingerprint density at radius 3 is 2.67 bits per heavy atom. The van der Waals surface area contributed by atoms with Gasteiger partial charge in [-0.25, -0.2) is 0 Å². The quantitative estimate of drug-likeness (QED) is 0.686. The zero-order valence-corrected chi connectivity index (χ0v) is 11.8. The highest BCUT2D eigenvalue weighted by atomic mass is 35.5. The fraction of sp³-hybridized carbons (Fsp3) is 0.538. The standard InChI is InChI=1S/C13H17Cl2NO2/c1-18-12-10(3-2-4-11(12)14)13(15)16-7-5-9(17)6-8-16/h2-4,9,13,17H,5-8H2,1H3. The molecule has 2 rings (SSSR count). The lowest BCUT2D eigenvalue weighted by molar-refractivity contribution is 0.0758. The Morgan fingerprint density at radius 1 is 1.39 bits per heavy atom. The van der Waals surface area contributed by atoms with Gasteiger partial charge in [-0.1, -0.05) is 23.7 Å². The SMILES string of the molecule is COc1c(Cl)cccc1C(Cl)N1CCC(O)CC1. The van der Waals surface area contributed by atoms with Gasteiger partial charge in [-0.2, -0.15) is 0 Å². The molecule has 3 nitrogen and oxygen atoms in total. The molecule has 100 valence electrons. The van der Waals surface area contributed by atoms with E-state index in [0.29, 0.717) is 10.8 Å². The molecule has 1 heterocycles. The predicted molar refractivity (Wildman–Crippen MR) is 73.4 cm³/mol. The minimum atomic E-state index is -0.272. The van der Waals surface area contributed by atoms with Crippen molar-refractivity contribution in [2.45, 2.75) is 24.4 Å². The number of hydrogen-bond acceptors (Lipinski definition) is 3. The van der Waals surface area contributed by atoms with E-state index in [1.165, 1.54) is 0 Å². The van der Waals surface area contributed by atoms with Crippen LogP contribution in [0.15, 0.2) is 18.2 Å². The van der Waals surface area contributed by atoms with E-state index in [0.717, 1.165) is 31.5 Å². The Bertz CT molecular complexity index is 406. The number of alkyl halides is 1. The molecule has 0 amide bonds. The summed E-state index contributed by atoms with van der Waals surface area (Å²) in [7, 11) is 1.59. The van der Waals surface area contributed by atoms with Gasteiger partial charge in [-0.3, -0.25) is 4.90 Å². The van der Waals surface area contributed by atoms with Crippen molar-refractivity contribution in [2.75, 3.05) is 20.2 Å². The molecule has 1 aromatic rings. The lowest BCUT2D eigenvalue weighted by Crippen LogP contribution is -2.36. The van der Waals surface area contributed by atoms with Crippen LogP contribution in [0.4, 0.5) is 0 Å². The summed E-state index contributed by atoms with van der Waals surface area (Å²) < 4.78 is 5.32. The number of aliphatic hydroxyl groups excluding tert-OH is 1. The fourth-order valence-corrected chi connectivity index (χ4v) is 2.86. The van der Waals surface area contributed by atoms with Gasteiger partial charge >= 0.3 is 0 Å². The van der Waals surface area contributed by atoms with E-state index in [1.54, 1.807) is 13.2 Å². The lowest BCUT2D eigenvalue weighted by atomic mass is 10.1. The molecule has 0 aliphatic carbocycles. The number of piperidine rings is 1. The van der Waals surface area contributed by atoms with Crippen LogP contribution in [-0.2, 0) is 0 Å². The highest BCUT2D eigenvalue weighted by Crippen LogP contribution is 2.38. The molecule has 1 fully saturated rings. The number of hydrogen-bond donors (Lipinski definition) is 1. The van der Waals surface area contributed by atoms with Gasteiger partial charge < -0.3 is 9.84 Å². The molecule has 1 aliphatic rings. The van der Waals surface area contributed by atoms with E-state index in [2.05, 4.69) is 4.90 Å². The third kappa shape index (κ3) is 2.91. The molecule has 1 aliphatic heterocycles. The molecule has 1 unspecified atom stereocenters. The number of benzene rings is 1. The van der Waals surface area contributed by atoms with E-state index in [1.807, 2.05) is 12.1 Å². The summed E-state index contributed by atoms with van der Waals surface area (Å²) in [6, 6.07) is 5.58. The molecular weight excluding hydrogens is 273 g/mol. The number of nitrogens with zero attached hydrogens (tertiary/aromatic N) is 1. The predicted octanol–water partition coefficient (Wildman–Crippen LogP) is 3.04. The van der Waals surface area contributed by atoms with Gasteiger partial charge in [0.05, 0.1) is 18.2 Å². The van der Waals surface area contributed by atoms with Gasteiger partial charge in [-0.15, -0.1) is 11.6 Å². The van der Waals surface area contributed by atoms with Gasteiger partial charge in [0.2, 0.25) is 0 Å². The van der Waals surface area contributed by atoms with E-state index < -0.39 is 0 Å². The van der Waals surface area contributed by atoms with Crippen molar-refractivity contribution in [3.05, 3.63) is 28.8 Å².